The van der Waals surface area contributed by atoms with Crippen molar-refractivity contribution >= 4 is 0 Å². The zero-order valence-corrected chi connectivity index (χ0v) is 14.8. The molecule has 1 aromatic heterocycles. The molecule has 0 radical (unpaired) electrons. The van der Waals surface area contributed by atoms with E-state index in [2.05, 4.69) is 44.6 Å². The molecule has 0 unspecified atom stereocenters. The minimum Gasteiger partial charge on any atom is -0.382 e. The van der Waals surface area contributed by atoms with Crippen molar-refractivity contribution in [1.82, 2.24) is 15.1 Å². The maximum absolute atomic E-state index is 5.43. The Morgan fingerprint density at radius 1 is 1.14 bits per heavy atom. The zero-order valence-electron chi connectivity index (χ0n) is 14.8. The molecule has 0 aliphatic carbocycles. The van der Waals surface area contributed by atoms with E-state index < -0.39 is 0 Å². The van der Waals surface area contributed by atoms with Crippen molar-refractivity contribution < 1.29 is 4.74 Å². The number of nitrogens with zero attached hydrogens (tertiary/aromatic N) is 2. The maximum atomic E-state index is 5.43. The normalized spacial score (nSPS) is 12.1. The molecule has 1 rings (SSSR count). The lowest BCUT2D eigenvalue weighted by Crippen LogP contribution is -2.35. The molecule has 4 heteroatoms. The van der Waals surface area contributed by atoms with Gasteiger partial charge in [-0.2, -0.15) is 5.10 Å². The Bertz CT molecular complexity index is 418. The first-order valence-corrected chi connectivity index (χ1v) is 8.33. The third-order valence-corrected chi connectivity index (χ3v) is 3.58. The third kappa shape index (κ3) is 5.79. The molecule has 1 heterocycles. The van der Waals surface area contributed by atoms with Gasteiger partial charge in [0, 0.05) is 43.1 Å². The van der Waals surface area contributed by atoms with Gasteiger partial charge in [-0.05, 0) is 47.0 Å². The molecule has 0 aromatic carbocycles. The molecule has 0 fully saturated rings. The summed E-state index contributed by atoms with van der Waals surface area (Å²) in [4.78, 5) is 0. The lowest BCUT2D eigenvalue weighted by molar-refractivity contribution is 0.140. The van der Waals surface area contributed by atoms with Crippen molar-refractivity contribution in [1.29, 1.82) is 0 Å². The molecule has 1 aromatic rings. The average molecular weight is 295 g/mol. The molecular formula is C17H33N3O. The van der Waals surface area contributed by atoms with Crippen molar-refractivity contribution in [3.8, 4) is 0 Å². The number of hydrogen-bond donors (Lipinski definition) is 1. The van der Waals surface area contributed by atoms with E-state index in [1.54, 1.807) is 0 Å². The molecule has 4 nitrogen and oxygen atoms in total. The number of rotatable bonds is 9. The first-order valence-electron chi connectivity index (χ1n) is 8.33. The van der Waals surface area contributed by atoms with Crippen LogP contribution in [0.1, 0.15) is 64.9 Å². The van der Waals surface area contributed by atoms with Crippen LogP contribution in [0, 0.1) is 0 Å². The number of aromatic nitrogens is 2. The second kappa shape index (κ2) is 8.54. The topological polar surface area (TPSA) is 39.1 Å². The Labute approximate surface area is 130 Å². The highest BCUT2D eigenvalue weighted by Crippen LogP contribution is 2.18. The van der Waals surface area contributed by atoms with E-state index in [0.29, 0.717) is 0 Å². The Kier molecular flexibility index (Phi) is 7.40. The predicted octanol–water partition coefficient (Wildman–Crippen LogP) is 3.32. The molecule has 1 N–H and O–H groups in total. The summed E-state index contributed by atoms with van der Waals surface area (Å²) in [5, 5.41) is 8.42. The average Bonchev–Trinajstić information content (AvgIpc) is 2.77. The van der Waals surface area contributed by atoms with Gasteiger partial charge in [-0.25, -0.2) is 0 Å². The van der Waals surface area contributed by atoms with Gasteiger partial charge < -0.3 is 10.1 Å². The first kappa shape index (κ1) is 18.2. The SMILES string of the molecule is CCOCCCn1nc(CC)c(CNC(C)(C)C)c1CC. The Balaban J connectivity index is 2.82. The summed E-state index contributed by atoms with van der Waals surface area (Å²) in [5.41, 5.74) is 4.14. The maximum Gasteiger partial charge on any atom is 0.0669 e. The van der Waals surface area contributed by atoms with E-state index in [1.807, 2.05) is 6.92 Å². The van der Waals surface area contributed by atoms with Gasteiger partial charge in [0.05, 0.1) is 5.69 Å². The molecule has 122 valence electrons. The molecule has 0 saturated carbocycles. The highest BCUT2D eigenvalue weighted by molar-refractivity contribution is 5.27. The van der Waals surface area contributed by atoms with Crippen LogP contribution in [-0.2, 0) is 30.7 Å². The largest absolute Gasteiger partial charge is 0.382 e. The van der Waals surface area contributed by atoms with Crippen LogP contribution in [0.25, 0.3) is 0 Å². The molecule has 21 heavy (non-hydrogen) atoms. The molecule has 0 atom stereocenters. The summed E-state index contributed by atoms with van der Waals surface area (Å²) < 4.78 is 7.62. The number of nitrogens with one attached hydrogen (secondary N) is 1. The summed E-state index contributed by atoms with van der Waals surface area (Å²) in [6.45, 7) is 16.5. The van der Waals surface area contributed by atoms with Gasteiger partial charge in [0.25, 0.3) is 0 Å². The van der Waals surface area contributed by atoms with Crippen molar-refractivity contribution in [3.05, 3.63) is 17.0 Å². The Hall–Kier alpha value is -0.870. The molecule has 0 spiro atoms. The fourth-order valence-corrected chi connectivity index (χ4v) is 2.47. The van der Waals surface area contributed by atoms with Crippen molar-refractivity contribution in [2.24, 2.45) is 0 Å². The molecular weight excluding hydrogens is 262 g/mol. The van der Waals surface area contributed by atoms with Crippen LogP contribution < -0.4 is 5.32 Å². The summed E-state index contributed by atoms with van der Waals surface area (Å²) in [5.74, 6) is 0. The number of aryl methyl sites for hydroxylation is 2. The van der Waals surface area contributed by atoms with Crippen LogP contribution in [-0.4, -0.2) is 28.5 Å². The summed E-state index contributed by atoms with van der Waals surface area (Å²) in [7, 11) is 0. The van der Waals surface area contributed by atoms with Gasteiger partial charge in [-0.15, -0.1) is 0 Å². The zero-order chi connectivity index (χ0) is 15.9. The van der Waals surface area contributed by atoms with E-state index in [-0.39, 0.29) is 5.54 Å². The highest BCUT2D eigenvalue weighted by Gasteiger charge is 2.17. The van der Waals surface area contributed by atoms with Crippen molar-refractivity contribution in [3.63, 3.8) is 0 Å². The van der Waals surface area contributed by atoms with Gasteiger partial charge in [0.15, 0.2) is 0 Å². The third-order valence-electron chi connectivity index (χ3n) is 3.58. The second-order valence-corrected chi connectivity index (χ2v) is 6.46. The van der Waals surface area contributed by atoms with Gasteiger partial charge in [0.1, 0.15) is 0 Å². The van der Waals surface area contributed by atoms with E-state index in [1.165, 1.54) is 17.0 Å². The van der Waals surface area contributed by atoms with E-state index >= 15 is 0 Å². The van der Waals surface area contributed by atoms with Crippen LogP contribution in [0.4, 0.5) is 0 Å². The van der Waals surface area contributed by atoms with Crippen LogP contribution >= 0.6 is 0 Å². The Morgan fingerprint density at radius 2 is 1.86 bits per heavy atom. The number of hydrogen-bond acceptors (Lipinski definition) is 3. The summed E-state index contributed by atoms with van der Waals surface area (Å²) >= 11 is 0. The van der Waals surface area contributed by atoms with Gasteiger partial charge in [-0.1, -0.05) is 13.8 Å². The quantitative estimate of drug-likeness (QED) is 0.710. The highest BCUT2D eigenvalue weighted by atomic mass is 16.5. The van der Waals surface area contributed by atoms with E-state index in [0.717, 1.165) is 45.6 Å². The monoisotopic (exact) mass is 295 g/mol. The summed E-state index contributed by atoms with van der Waals surface area (Å²) in [6, 6.07) is 0. The molecule has 0 bridgehead atoms. The fourth-order valence-electron chi connectivity index (χ4n) is 2.47. The molecule has 0 amide bonds. The summed E-state index contributed by atoms with van der Waals surface area (Å²) in [6.07, 6.45) is 3.05. The fraction of sp³-hybridized carbons (Fsp3) is 0.824. The minimum atomic E-state index is 0.132. The minimum absolute atomic E-state index is 0.132. The first-order chi connectivity index (χ1) is 9.92. The van der Waals surface area contributed by atoms with Gasteiger partial charge >= 0.3 is 0 Å². The van der Waals surface area contributed by atoms with Gasteiger partial charge in [-0.3, -0.25) is 4.68 Å². The predicted molar refractivity (Wildman–Crippen MR) is 88.7 cm³/mol. The van der Waals surface area contributed by atoms with Crippen molar-refractivity contribution in [2.45, 2.75) is 79.4 Å². The van der Waals surface area contributed by atoms with Crippen LogP contribution in [0.2, 0.25) is 0 Å². The van der Waals surface area contributed by atoms with E-state index in [9.17, 15) is 0 Å². The lowest BCUT2D eigenvalue weighted by Gasteiger charge is -2.21. The van der Waals surface area contributed by atoms with Crippen molar-refractivity contribution in [2.75, 3.05) is 13.2 Å². The van der Waals surface area contributed by atoms with Crippen LogP contribution in [0.15, 0.2) is 0 Å². The lowest BCUT2D eigenvalue weighted by atomic mass is 10.1. The Morgan fingerprint density at radius 3 is 2.38 bits per heavy atom. The molecule has 0 aliphatic heterocycles. The van der Waals surface area contributed by atoms with Gasteiger partial charge in [0.2, 0.25) is 0 Å². The number of ether oxygens (including phenoxy) is 1. The van der Waals surface area contributed by atoms with Crippen LogP contribution in [0.5, 0.6) is 0 Å². The van der Waals surface area contributed by atoms with E-state index in [4.69, 9.17) is 9.84 Å². The molecule has 0 saturated heterocycles. The second-order valence-electron chi connectivity index (χ2n) is 6.46. The standard InChI is InChI=1S/C17H33N3O/c1-7-15-14(13-18-17(4,5)6)16(8-2)20(19-15)11-10-12-21-9-3/h18H,7-13H2,1-6H3. The smallest absolute Gasteiger partial charge is 0.0669 e. The van der Waals surface area contributed by atoms with Crippen LogP contribution in [0.3, 0.4) is 0 Å². The molecule has 0 aliphatic rings.